The lowest BCUT2D eigenvalue weighted by Gasteiger charge is -2.32. The Kier molecular flexibility index (Phi) is 7.69. The Morgan fingerprint density at radius 1 is 1.08 bits per heavy atom. The molecule has 1 aromatic heterocycles. The van der Waals surface area contributed by atoms with Crippen molar-refractivity contribution in [3.63, 3.8) is 0 Å². The first kappa shape index (κ1) is 26.9. The van der Waals surface area contributed by atoms with E-state index in [1.807, 2.05) is 17.0 Å². The number of aromatic nitrogens is 2. The molecule has 0 spiro atoms. The predicted molar refractivity (Wildman–Crippen MR) is 146 cm³/mol. The molecule has 0 atom stereocenters. The number of rotatable bonds is 7. The van der Waals surface area contributed by atoms with Crippen molar-refractivity contribution in [1.82, 2.24) is 9.97 Å². The molecular weight excluding hydrogens is 499 g/mol. The zero-order valence-corrected chi connectivity index (χ0v) is 22.3. The lowest BCUT2D eigenvalue weighted by Crippen LogP contribution is -2.35. The fraction of sp³-hybridized carbons (Fsp3) is 0.419. The molecule has 5 nitrogen and oxygen atoms in total. The Morgan fingerprint density at radius 3 is 2.49 bits per heavy atom. The van der Waals surface area contributed by atoms with E-state index in [1.165, 1.54) is 22.9 Å². The molecular formula is C31H32F3N5. The third-order valence-electron chi connectivity index (χ3n) is 7.81. The number of benzene rings is 2. The Morgan fingerprint density at radius 2 is 1.82 bits per heavy atom. The number of hydrogen-bond donors (Lipinski definition) is 0. The molecule has 1 fully saturated rings. The third-order valence-corrected chi connectivity index (χ3v) is 7.81. The van der Waals surface area contributed by atoms with Crippen molar-refractivity contribution in [2.24, 2.45) is 10.9 Å². The van der Waals surface area contributed by atoms with Crippen molar-refractivity contribution in [1.29, 1.82) is 5.26 Å². The van der Waals surface area contributed by atoms with Crippen molar-refractivity contribution < 1.29 is 13.2 Å². The van der Waals surface area contributed by atoms with Gasteiger partial charge in [-0.1, -0.05) is 38.1 Å². The minimum atomic E-state index is -4.46. The summed E-state index contributed by atoms with van der Waals surface area (Å²) in [5, 5.41) is 9.40. The maximum atomic E-state index is 13.0. The van der Waals surface area contributed by atoms with Gasteiger partial charge in [-0.15, -0.1) is 0 Å². The molecule has 0 saturated carbocycles. The average Bonchev–Trinajstić information content (AvgIpc) is 3.37. The molecule has 0 N–H and O–H groups in total. The number of alkyl halides is 3. The highest BCUT2D eigenvalue weighted by atomic mass is 19.4. The molecule has 5 rings (SSSR count). The molecule has 2 aliphatic heterocycles. The fourth-order valence-electron chi connectivity index (χ4n) is 5.61. The summed E-state index contributed by atoms with van der Waals surface area (Å²) in [5.74, 6) is 1.07. The first-order valence-corrected chi connectivity index (χ1v) is 13.6. The van der Waals surface area contributed by atoms with Crippen molar-refractivity contribution in [2.45, 2.75) is 64.5 Å². The van der Waals surface area contributed by atoms with Crippen LogP contribution in [0.3, 0.4) is 0 Å². The van der Waals surface area contributed by atoms with Gasteiger partial charge in [-0.3, -0.25) is 4.99 Å². The first-order valence-electron chi connectivity index (χ1n) is 13.6. The molecule has 8 heteroatoms. The SMILES string of the molecule is CC(C)c1cc(C#N)cc2c1CC(c1ccc(CCCC3CCN(c4nccc(C(F)(F)F)n4)CC3)cc1)=N2. The Balaban J connectivity index is 1.11. The molecule has 1 saturated heterocycles. The maximum absolute atomic E-state index is 13.0. The predicted octanol–water partition coefficient (Wildman–Crippen LogP) is 7.41. The number of anilines is 1. The molecule has 39 heavy (non-hydrogen) atoms. The Hall–Kier alpha value is -3.73. The molecule has 202 valence electrons. The third kappa shape index (κ3) is 6.13. The van der Waals surface area contributed by atoms with Crippen LogP contribution in [0.15, 0.2) is 53.7 Å². The molecule has 0 radical (unpaired) electrons. The summed E-state index contributed by atoms with van der Waals surface area (Å²) in [6, 6.07) is 15.7. The number of nitrogens with zero attached hydrogens (tertiary/aromatic N) is 5. The van der Waals surface area contributed by atoms with Crippen LogP contribution in [-0.2, 0) is 19.0 Å². The van der Waals surface area contributed by atoms with Gasteiger partial charge in [-0.25, -0.2) is 9.97 Å². The fourth-order valence-corrected chi connectivity index (χ4v) is 5.61. The Bertz CT molecular complexity index is 1400. The molecule has 2 aromatic carbocycles. The second-order valence-corrected chi connectivity index (χ2v) is 10.8. The molecule has 0 aliphatic carbocycles. The van der Waals surface area contributed by atoms with Crippen LogP contribution >= 0.6 is 0 Å². The van der Waals surface area contributed by atoms with E-state index in [0.29, 0.717) is 30.5 Å². The van der Waals surface area contributed by atoms with Crippen LogP contribution in [0.1, 0.15) is 79.0 Å². The van der Waals surface area contributed by atoms with Crippen molar-refractivity contribution >= 4 is 17.3 Å². The summed E-state index contributed by atoms with van der Waals surface area (Å²) in [4.78, 5) is 14.5. The first-order chi connectivity index (χ1) is 18.7. The highest BCUT2D eigenvalue weighted by molar-refractivity contribution is 6.07. The van der Waals surface area contributed by atoms with Gasteiger partial charge in [-0.05, 0) is 84.4 Å². The smallest absolute Gasteiger partial charge is 0.341 e. The summed E-state index contributed by atoms with van der Waals surface area (Å²) < 4.78 is 38.9. The van der Waals surface area contributed by atoms with Gasteiger partial charge < -0.3 is 4.90 Å². The molecule has 3 heterocycles. The zero-order chi connectivity index (χ0) is 27.6. The van der Waals surface area contributed by atoms with Crippen LogP contribution in [0.5, 0.6) is 0 Å². The van der Waals surface area contributed by atoms with Crippen LogP contribution in [0.2, 0.25) is 0 Å². The lowest BCUT2D eigenvalue weighted by molar-refractivity contribution is -0.141. The van der Waals surface area contributed by atoms with Gasteiger partial charge in [0, 0.05) is 25.7 Å². The number of hydrogen-bond acceptors (Lipinski definition) is 5. The van der Waals surface area contributed by atoms with E-state index < -0.39 is 11.9 Å². The van der Waals surface area contributed by atoms with Crippen molar-refractivity contribution in [3.8, 4) is 6.07 Å². The van der Waals surface area contributed by atoms with Gasteiger partial charge in [-0.2, -0.15) is 18.4 Å². The number of aliphatic imine (C=N–C) groups is 1. The number of piperidine rings is 1. The topological polar surface area (TPSA) is 65.2 Å². The van der Waals surface area contributed by atoms with Crippen LogP contribution in [0.25, 0.3) is 0 Å². The van der Waals surface area contributed by atoms with Gasteiger partial charge in [0.25, 0.3) is 0 Å². The quantitative estimate of drug-likeness (QED) is 0.319. The van der Waals surface area contributed by atoms with Gasteiger partial charge in [0.05, 0.1) is 23.0 Å². The summed E-state index contributed by atoms with van der Waals surface area (Å²) in [7, 11) is 0. The molecule has 2 aliphatic rings. The lowest BCUT2D eigenvalue weighted by atomic mass is 9.90. The van der Waals surface area contributed by atoms with E-state index in [2.05, 4.69) is 54.2 Å². The number of fused-ring (bicyclic) bond motifs is 1. The van der Waals surface area contributed by atoms with Crippen molar-refractivity contribution in [3.05, 3.63) is 82.2 Å². The molecule has 0 unspecified atom stereocenters. The minimum Gasteiger partial charge on any atom is -0.341 e. The highest BCUT2D eigenvalue weighted by Crippen LogP contribution is 2.36. The Labute approximate surface area is 227 Å². The van der Waals surface area contributed by atoms with E-state index in [4.69, 9.17) is 4.99 Å². The van der Waals surface area contributed by atoms with E-state index in [-0.39, 0.29) is 5.95 Å². The van der Waals surface area contributed by atoms with Crippen LogP contribution in [0, 0.1) is 17.2 Å². The summed E-state index contributed by atoms with van der Waals surface area (Å²) >= 11 is 0. The average molecular weight is 532 g/mol. The van der Waals surface area contributed by atoms with Gasteiger partial charge >= 0.3 is 6.18 Å². The second-order valence-electron chi connectivity index (χ2n) is 10.8. The largest absolute Gasteiger partial charge is 0.433 e. The van der Waals surface area contributed by atoms with Gasteiger partial charge in [0.1, 0.15) is 5.69 Å². The number of halogens is 3. The normalized spacial score (nSPS) is 15.8. The highest BCUT2D eigenvalue weighted by Gasteiger charge is 2.33. The van der Waals surface area contributed by atoms with Crippen LogP contribution in [-0.4, -0.2) is 28.8 Å². The summed E-state index contributed by atoms with van der Waals surface area (Å²) in [5.41, 5.74) is 6.58. The second kappa shape index (κ2) is 11.2. The molecule has 0 bridgehead atoms. The summed E-state index contributed by atoms with van der Waals surface area (Å²) in [6.07, 6.45) is 2.56. The molecule has 0 amide bonds. The van der Waals surface area contributed by atoms with Gasteiger partial charge in [0.15, 0.2) is 0 Å². The number of nitriles is 1. The summed E-state index contributed by atoms with van der Waals surface area (Å²) in [6.45, 7) is 5.66. The van der Waals surface area contributed by atoms with Crippen molar-refractivity contribution in [2.75, 3.05) is 18.0 Å². The van der Waals surface area contributed by atoms with Gasteiger partial charge in [0.2, 0.25) is 5.95 Å². The minimum absolute atomic E-state index is 0.171. The van der Waals surface area contributed by atoms with Crippen LogP contribution in [0.4, 0.5) is 24.8 Å². The monoisotopic (exact) mass is 531 g/mol. The van der Waals surface area contributed by atoms with E-state index in [0.717, 1.165) is 61.6 Å². The standard InChI is InChI=1S/C31H32F3N5/c1-20(2)25-16-23(19-35)17-28-26(25)18-27(37-28)24-8-6-21(7-9-24)4-3-5-22-11-14-39(15-12-22)30-36-13-10-29(38-30)31(32,33)34/h6-10,13,16-17,20,22H,3-5,11-12,14-15,18H2,1-2H3. The number of aryl methyl sites for hydroxylation is 1. The maximum Gasteiger partial charge on any atom is 0.433 e. The molecule has 3 aromatic rings. The van der Waals surface area contributed by atoms with E-state index in [9.17, 15) is 18.4 Å². The van der Waals surface area contributed by atoms with Crippen LogP contribution < -0.4 is 4.90 Å². The zero-order valence-electron chi connectivity index (χ0n) is 22.3. The van der Waals surface area contributed by atoms with E-state index in [1.54, 1.807) is 0 Å². The van der Waals surface area contributed by atoms with E-state index >= 15 is 0 Å².